The maximum atomic E-state index is 12.6. The van der Waals surface area contributed by atoms with Crippen LogP contribution >= 0.6 is 11.6 Å². The molecule has 0 atom stereocenters. The number of carbonyl (C=O) groups excluding carboxylic acids is 1. The molecule has 2 aromatic carbocycles. The fourth-order valence-corrected chi connectivity index (χ4v) is 3.66. The fraction of sp³-hybridized carbons (Fsp3) is 0.304. The average molecular weight is 438 g/mol. The number of aromatic nitrogens is 4. The van der Waals surface area contributed by atoms with Crippen molar-refractivity contribution in [3.63, 3.8) is 0 Å². The Morgan fingerprint density at radius 2 is 1.87 bits per heavy atom. The number of rotatable bonds is 5. The lowest BCUT2D eigenvalue weighted by Gasteiger charge is -2.13. The molecule has 0 aliphatic carbocycles. The largest absolute Gasteiger partial charge is 0.491 e. The number of nitrogens with zero attached hydrogens (tertiary/aromatic N) is 4. The maximum absolute atomic E-state index is 12.6. The van der Waals surface area contributed by atoms with Crippen LogP contribution < -0.4 is 10.1 Å². The van der Waals surface area contributed by atoms with E-state index in [-0.39, 0.29) is 18.1 Å². The third-order valence-electron chi connectivity index (χ3n) is 4.72. The molecule has 31 heavy (non-hydrogen) atoms. The predicted molar refractivity (Wildman–Crippen MR) is 122 cm³/mol. The minimum Gasteiger partial charge on any atom is -0.491 e. The van der Waals surface area contributed by atoms with E-state index >= 15 is 0 Å². The van der Waals surface area contributed by atoms with Crippen molar-refractivity contribution in [1.29, 1.82) is 0 Å². The zero-order valence-corrected chi connectivity index (χ0v) is 18.9. The van der Waals surface area contributed by atoms with Crippen molar-refractivity contribution in [2.24, 2.45) is 0 Å². The van der Waals surface area contributed by atoms with Gasteiger partial charge in [-0.1, -0.05) is 11.6 Å². The molecule has 4 aromatic rings. The predicted octanol–water partition coefficient (Wildman–Crippen LogP) is 4.83. The summed E-state index contributed by atoms with van der Waals surface area (Å²) in [6.07, 6.45) is 0.0264. The number of hydrogen-bond acceptors (Lipinski definition) is 5. The quantitative estimate of drug-likeness (QED) is 0.483. The highest BCUT2D eigenvalue weighted by Crippen LogP contribution is 2.33. The second-order valence-corrected chi connectivity index (χ2v) is 8.43. The third kappa shape index (κ3) is 4.05. The summed E-state index contributed by atoms with van der Waals surface area (Å²) in [4.78, 5) is 17.2. The van der Waals surface area contributed by atoms with Crippen LogP contribution in [0.5, 0.6) is 5.75 Å². The molecule has 2 aromatic heterocycles. The number of hydrogen-bond donors (Lipinski definition) is 1. The van der Waals surface area contributed by atoms with Crippen molar-refractivity contribution in [2.75, 3.05) is 0 Å². The summed E-state index contributed by atoms with van der Waals surface area (Å²) in [5, 5.41) is 12.2. The van der Waals surface area contributed by atoms with E-state index in [9.17, 15) is 4.79 Å². The van der Waals surface area contributed by atoms with Gasteiger partial charge in [0.15, 0.2) is 11.5 Å². The van der Waals surface area contributed by atoms with E-state index in [0.717, 1.165) is 16.7 Å². The topological polar surface area (TPSA) is 81.4 Å². The number of amides is 1. The molecule has 2 heterocycles. The van der Waals surface area contributed by atoms with Gasteiger partial charge in [-0.3, -0.25) is 9.20 Å². The van der Waals surface area contributed by atoms with Gasteiger partial charge in [-0.2, -0.15) is 0 Å². The molecule has 1 N–H and O–H groups in total. The van der Waals surface area contributed by atoms with Gasteiger partial charge in [0.05, 0.1) is 27.9 Å². The van der Waals surface area contributed by atoms with E-state index in [4.69, 9.17) is 16.3 Å². The van der Waals surface area contributed by atoms with Crippen molar-refractivity contribution < 1.29 is 9.53 Å². The number of aryl methyl sites for hydroxylation is 1. The van der Waals surface area contributed by atoms with Crippen molar-refractivity contribution >= 4 is 34.2 Å². The molecule has 0 saturated heterocycles. The zero-order valence-electron chi connectivity index (χ0n) is 18.1. The minimum atomic E-state index is -0.148. The van der Waals surface area contributed by atoms with Gasteiger partial charge in [0.1, 0.15) is 5.75 Å². The normalized spacial score (nSPS) is 11.6. The van der Waals surface area contributed by atoms with Crippen LogP contribution in [0.2, 0.25) is 5.02 Å². The van der Waals surface area contributed by atoms with Gasteiger partial charge >= 0.3 is 0 Å². The van der Waals surface area contributed by atoms with E-state index in [1.54, 1.807) is 12.1 Å². The van der Waals surface area contributed by atoms with Crippen LogP contribution in [-0.2, 0) is 0 Å². The Bertz CT molecular complexity index is 1300. The molecule has 4 rings (SSSR count). The molecule has 0 aliphatic heterocycles. The highest BCUT2D eigenvalue weighted by atomic mass is 35.5. The first-order valence-corrected chi connectivity index (χ1v) is 10.6. The highest BCUT2D eigenvalue weighted by Gasteiger charge is 2.19. The molecule has 0 bridgehead atoms. The monoisotopic (exact) mass is 437 g/mol. The van der Waals surface area contributed by atoms with Crippen LogP contribution in [-0.4, -0.2) is 37.6 Å². The molecule has 0 radical (unpaired) electrons. The van der Waals surface area contributed by atoms with Gasteiger partial charge in [-0.25, -0.2) is 4.98 Å². The van der Waals surface area contributed by atoms with Crippen molar-refractivity contribution in [1.82, 2.24) is 24.9 Å². The van der Waals surface area contributed by atoms with Gasteiger partial charge in [0.25, 0.3) is 5.91 Å². The lowest BCUT2D eigenvalue weighted by molar-refractivity contribution is 0.0943. The Labute approximate surface area is 185 Å². The summed E-state index contributed by atoms with van der Waals surface area (Å²) in [5.41, 5.74) is 4.03. The molecule has 0 fully saturated rings. The first-order valence-electron chi connectivity index (χ1n) is 10.2. The fourth-order valence-electron chi connectivity index (χ4n) is 3.46. The molecule has 160 valence electrons. The zero-order chi connectivity index (χ0) is 22.3. The second kappa shape index (κ2) is 8.15. The van der Waals surface area contributed by atoms with Gasteiger partial charge in [0.2, 0.25) is 0 Å². The minimum absolute atomic E-state index is 0.0264. The Kier molecular flexibility index (Phi) is 5.54. The first-order chi connectivity index (χ1) is 14.7. The number of carbonyl (C=O) groups is 1. The van der Waals surface area contributed by atoms with Gasteiger partial charge in [0, 0.05) is 17.2 Å². The summed E-state index contributed by atoms with van der Waals surface area (Å²) in [7, 11) is 0. The molecule has 7 nitrogen and oxygen atoms in total. The van der Waals surface area contributed by atoms with E-state index in [1.807, 2.05) is 63.3 Å². The first kappa shape index (κ1) is 21.1. The number of fused-ring (bicyclic) bond motifs is 3. The van der Waals surface area contributed by atoms with E-state index in [2.05, 4.69) is 20.5 Å². The van der Waals surface area contributed by atoms with E-state index < -0.39 is 0 Å². The number of halogens is 1. The summed E-state index contributed by atoms with van der Waals surface area (Å²) in [6.45, 7) is 9.66. The Morgan fingerprint density at radius 3 is 2.58 bits per heavy atom. The molecule has 0 unspecified atom stereocenters. The lowest BCUT2D eigenvalue weighted by atomic mass is 10.1. The summed E-state index contributed by atoms with van der Waals surface area (Å²) in [6, 6.07) is 10.9. The van der Waals surface area contributed by atoms with Crippen LogP contribution in [0.4, 0.5) is 0 Å². The molecule has 1 amide bonds. The van der Waals surface area contributed by atoms with Crippen molar-refractivity contribution in [3.8, 4) is 17.1 Å². The Hall–Kier alpha value is -3.19. The van der Waals surface area contributed by atoms with Crippen molar-refractivity contribution in [2.45, 2.75) is 46.8 Å². The SMILES string of the molecule is Cc1nc2ccc(C(=O)NC(C)C)cc2n2c(-c3cc(OC(C)C)ccc3Cl)nnc12. The number of benzene rings is 2. The molecular formula is C23H24ClN5O2. The summed E-state index contributed by atoms with van der Waals surface area (Å²) < 4.78 is 7.73. The van der Waals surface area contributed by atoms with Crippen LogP contribution in [0.3, 0.4) is 0 Å². The summed E-state index contributed by atoms with van der Waals surface area (Å²) in [5.74, 6) is 1.11. The van der Waals surface area contributed by atoms with Crippen molar-refractivity contribution in [3.05, 3.63) is 52.7 Å². The molecule has 0 saturated carbocycles. The Balaban J connectivity index is 1.96. The van der Waals surface area contributed by atoms with Crippen LogP contribution in [0.1, 0.15) is 43.7 Å². The number of ether oxygens (including phenoxy) is 1. The van der Waals surface area contributed by atoms with E-state index in [0.29, 0.717) is 33.4 Å². The Morgan fingerprint density at radius 1 is 1.10 bits per heavy atom. The molecule has 0 spiro atoms. The van der Waals surface area contributed by atoms with E-state index in [1.165, 1.54) is 0 Å². The number of nitrogens with one attached hydrogen (secondary N) is 1. The van der Waals surface area contributed by atoms with Gasteiger partial charge in [-0.15, -0.1) is 10.2 Å². The third-order valence-corrected chi connectivity index (χ3v) is 5.05. The average Bonchev–Trinajstić information content (AvgIpc) is 3.14. The maximum Gasteiger partial charge on any atom is 0.251 e. The molecular weight excluding hydrogens is 414 g/mol. The standard InChI is InChI=1S/C23H24ClN5O2/c1-12(2)25-23(30)15-6-9-19-20(10-15)29-21(14(5)26-19)27-28-22(29)17-11-16(31-13(3)4)7-8-18(17)24/h6-13H,1-5H3,(H,25,30). The van der Waals surface area contributed by atoms with Crippen LogP contribution in [0.15, 0.2) is 36.4 Å². The molecule has 0 aliphatic rings. The smallest absolute Gasteiger partial charge is 0.251 e. The highest BCUT2D eigenvalue weighted by molar-refractivity contribution is 6.33. The second-order valence-electron chi connectivity index (χ2n) is 8.02. The van der Waals surface area contributed by atoms with Gasteiger partial charge < -0.3 is 10.1 Å². The molecule has 8 heteroatoms. The lowest BCUT2D eigenvalue weighted by Crippen LogP contribution is -2.30. The van der Waals surface area contributed by atoms with Crippen LogP contribution in [0.25, 0.3) is 28.1 Å². The van der Waals surface area contributed by atoms with Crippen LogP contribution in [0, 0.1) is 6.92 Å². The van der Waals surface area contributed by atoms with Gasteiger partial charge in [-0.05, 0) is 71.0 Å². The summed E-state index contributed by atoms with van der Waals surface area (Å²) >= 11 is 6.54.